The largest absolute Gasteiger partial charge is 0.471 e. The number of halogens is 3. The second-order valence-corrected chi connectivity index (χ2v) is 12.6. The van der Waals surface area contributed by atoms with Gasteiger partial charge in [0.2, 0.25) is 11.8 Å². The zero-order valence-electron chi connectivity index (χ0n) is 26.9. The van der Waals surface area contributed by atoms with Crippen LogP contribution in [-0.2, 0) is 30.4 Å². The summed E-state index contributed by atoms with van der Waals surface area (Å²) in [5.41, 5.74) is 1.12. The van der Waals surface area contributed by atoms with Gasteiger partial charge < -0.3 is 25.0 Å². The highest BCUT2D eigenvalue weighted by atomic mass is 32.2. The molecule has 1 aliphatic rings. The van der Waals surface area contributed by atoms with Gasteiger partial charge >= 0.3 is 18.2 Å². The molecule has 0 aromatic heterocycles. The number of methoxy groups -OCH3 is 1. The van der Waals surface area contributed by atoms with Crippen LogP contribution >= 0.6 is 11.9 Å². The Morgan fingerprint density at radius 2 is 1.63 bits per heavy atom. The third-order valence-corrected chi connectivity index (χ3v) is 7.60. The molecule has 10 nitrogen and oxygen atoms in total. The summed E-state index contributed by atoms with van der Waals surface area (Å²) in [6, 6.07) is 16.1. The Kier molecular flexibility index (Phi) is 14.9. The summed E-state index contributed by atoms with van der Waals surface area (Å²) in [4.78, 5) is 50.7. The number of hydrogen-bond donors (Lipinski definition) is 3. The van der Waals surface area contributed by atoms with Crippen LogP contribution in [0.2, 0.25) is 0 Å². The predicted octanol–water partition coefficient (Wildman–Crippen LogP) is 5.15. The Morgan fingerprint density at radius 1 is 1.00 bits per heavy atom. The van der Waals surface area contributed by atoms with Gasteiger partial charge in [-0.1, -0.05) is 55.0 Å². The molecule has 1 aliphatic heterocycles. The number of hydrogen-bond acceptors (Lipinski definition) is 7. The Bertz CT molecular complexity index is 1290. The number of carbonyl (C=O) groups is 4. The Labute approximate surface area is 272 Å². The van der Waals surface area contributed by atoms with Crippen LogP contribution in [-0.4, -0.2) is 72.8 Å². The normalized spacial score (nSPS) is 15.9. The highest BCUT2D eigenvalue weighted by Crippen LogP contribution is 2.28. The first-order valence-corrected chi connectivity index (χ1v) is 15.5. The molecule has 3 N–H and O–H groups in total. The zero-order chi connectivity index (χ0) is 34.5. The molecule has 4 amide bonds. The van der Waals surface area contributed by atoms with Crippen LogP contribution in [0.5, 0.6) is 0 Å². The third-order valence-electron chi connectivity index (χ3n) is 6.77. The molecule has 0 radical (unpaired) electrons. The molecule has 0 bridgehead atoms. The maximum absolute atomic E-state index is 12.8. The monoisotopic (exact) mass is 668 g/mol. The summed E-state index contributed by atoms with van der Waals surface area (Å²) in [5.74, 6) is -3.57. The second-order valence-electron chi connectivity index (χ2n) is 11.7. The summed E-state index contributed by atoms with van der Waals surface area (Å²) >= 11 is 0.964. The van der Waals surface area contributed by atoms with Crippen molar-refractivity contribution in [3.05, 3.63) is 65.7 Å². The molecular formula is C32H43F3N4O6S. The van der Waals surface area contributed by atoms with E-state index < -0.39 is 47.6 Å². The fourth-order valence-corrected chi connectivity index (χ4v) is 5.07. The highest BCUT2D eigenvalue weighted by Gasteiger charge is 2.41. The lowest BCUT2D eigenvalue weighted by molar-refractivity contribution is -0.173. The van der Waals surface area contributed by atoms with Crippen molar-refractivity contribution in [1.29, 1.82) is 0 Å². The fraction of sp³-hybridized carbons (Fsp3) is 0.500. The minimum atomic E-state index is -4.95. The lowest BCUT2D eigenvalue weighted by atomic mass is 9.95. The van der Waals surface area contributed by atoms with Gasteiger partial charge in [0.05, 0.1) is 24.6 Å². The van der Waals surface area contributed by atoms with E-state index in [0.29, 0.717) is 23.4 Å². The first-order valence-electron chi connectivity index (χ1n) is 14.7. The van der Waals surface area contributed by atoms with Crippen molar-refractivity contribution in [1.82, 2.24) is 20.3 Å². The number of likely N-dealkylation sites (tertiary alicyclic amines) is 1. The number of nitrogens with one attached hydrogen (secondary N) is 3. The number of ether oxygens (including phenoxy) is 2. The average Bonchev–Trinajstić information content (AvgIpc) is 3.47. The highest BCUT2D eigenvalue weighted by molar-refractivity contribution is 7.98. The van der Waals surface area contributed by atoms with E-state index >= 15 is 0 Å². The molecule has 0 spiro atoms. The molecule has 2 aromatic carbocycles. The Balaban J connectivity index is 0.000000923. The van der Waals surface area contributed by atoms with Crippen LogP contribution in [0.4, 0.5) is 18.0 Å². The van der Waals surface area contributed by atoms with Crippen LogP contribution in [0, 0.1) is 12.8 Å². The molecule has 0 aliphatic carbocycles. The van der Waals surface area contributed by atoms with Crippen LogP contribution in [0.25, 0.3) is 0 Å². The molecule has 254 valence electrons. The number of nitrogens with zero attached hydrogens (tertiary/aromatic N) is 1. The van der Waals surface area contributed by atoms with E-state index in [1.807, 2.05) is 18.2 Å². The SMILES string of the molecule is COC(C(C)C(=O)NCC(=O)NSc1ccc(CNC(=O)C(F)(F)F)cc1)C1CCCN1C(=O)OC(C)(C)C.Cc1ccccc1. The lowest BCUT2D eigenvalue weighted by Crippen LogP contribution is -2.51. The van der Waals surface area contributed by atoms with E-state index in [1.165, 1.54) is 24.8 Å². The van der Waals surface area contributed by atoms with E-state index in [1.54, 1.807) is 50.0 Å². The third kappa shape index (κ3) is 13.3. The smallest absolute Gasteiger partial charge is 0.444 e. The average molecular weight is 669 g/mol. The molecule has 2 aromatic rings. The summed E-state index contributed by atoms with van der Waals surface area (Å²) in [6.07, 6.45) is -4.61. The summed E-state index contributed by atoms with van der Waals surface area (Å²) < 4.78 is 50.5. The van der Waals surface area contributed by atoms with Gasteiger partial charge in [-0.05, 0) is 70.2 Å². The topological polar surface area (TPSA) is 126 Å². The first kappa shape index (κ1) is 38.4. The van der Waals surface area contributed by atoms with E-state index in [0.717, 1.165) is 18.4 Å². The zero-order valence-corrected chi connectivity index (χ0v) is 27.7. The van der Waals surface area contributed by atoms with Crippen LogP contribution in [0.1, 0.15) is 51.7 Å². The molecule has 3 rings (SSSR count). The molecular weight excluding hydrogens is 625 g/mol. The maximum Gasteiger partial charge on any atom is 0.471 e. The van der Waals surface area contributed by atoms with Crippen molar-refractivity contribution in [2.75, 3.05) is 20.2 Å². The number of alkyl halides is 3. The molecule has 0 saturated carbocycles. The maximum atomic E-state index is 12.8. The summed E-state index contributed by atoms with van der Waals surface area (Å²) in [5, 5.41) is 4.35. The van der Waals surface area contributed by atoms with E-state index in [4.69, 9.17) is 9.47 Å². The minimum Gasteiger partial charge on any atom is -0.444 e. The van der Waals surface area contributed by atoms with Gasteiger partial charge in [0.15, 0.2) is 0 Å². The number of amides is 4. The second kappa shape index (κ2) is 17.8. The van der Waals surface area contributed by atoms with Crippen molar-refractivity contribution in [3.8, 4) is 0 Å². The lowest BCUT2D eigenvalue weighted by Gasteiger charge is -2.34. The molecule has 14 heteroatoms. The molecule has 1 saturated heterocycles. The number of aryl methyl sites for hydroxylation is 1. The van der Waals surface area contributed by atoms with E-state index in [2.05, 4.69) is 29.1 Å². The van der Waals surface area contributed by atoms with Gasteiger partial charge in [0, 0.05) is 25.1 Å². The standard InChI is InChI=1S/C25H35F3N4O6S.C7H8/c1-15(20(37-5)18-7-6-12-32(18)23(36)38-24(2,3)4)21(34)29-14-19(33)31-39-17-10-8-16(9-11-17)13-30-22(35)25(26,27)28;1-7-5-3-2-4-6-7/h8-11,15,18,20H,6-7,12-14H2,1-5H3,(H,29,34)(H,30,35)(H,31,33);2-6H,1H3. The van der Waals surface area contributed by atoms with Gasteiger partial charge in [-0.25, -0.2) is 4.79 Å². The fourth-order valence-electron chi connectivity index (χ4n) is 4.50. The number of carbonyl (C=O) groups excluding carboxylic acids is 4. The van der Waals surface area contributed by atoms with Crippen LogP contribution in [0.15, 0.2) is 59.5 Å². The van der Waals surface area contributed by atoms with Crippen molar-refractivity contribution in [2.24, 2.45) is 5.92 Å². The molecule has 1 fully saturated rings. The van der Waals surface area contributed by atoms with E-state index in [9.17, 15) is 32.3 Å². The van der Waals surface area contributed by atoms with Crippen molar-refractivity contribution < 1.29 is 41.8 Å². The molecule has 1 heterocycles. The van der Waals surface area contributed by atoms with E-state index in [-0.39, 0.29) is 19.1 Å². The minimum absolute atomic E-state index is 0.293. The van der Waals surface area contributed by atoms with Crippen LogP contribution in [0.3, 0.4) is 0 Å². The molecule has 46 heavy (non-hydrogen) atoms. The molecule has 3 atom stereocenters. The molecule has 3 unspecified atom stereocenters. The van der Waals surface area contributed by atoms with Crippen LogP contribution < -0.4 is 15.4 Å². The van der Waals surface area contributed by atoms with Gasteiger partial charge in [-0.3, -0.25) is 19.1 Å². The van der Waals surface area contributed by atoms with Gasteiger partial charge in [0.1, 0.15) is 5.60 Å². The number of benzene rings is 2. The van der Waals surface area contributed by atoms with Crippen molar-refractivity contribution >= 4 is 35.8 Å². The Hall–Kier alpha value is -3.78. The predicted molar refractivity (Wildman–Crippen MR) is 168 cm³/mol. The quantitative estimate of drug-likeness (QED) is 0.299. The van der Waals surface area contributed by atoms with Gasteiger partial charge in [-0.15, -0.1) is 0 Å². The Morgan fingerprint density at radius 3 is 2.15 bits per heavy atom. The van der Waals surface area contributed by atoms with Crippen molar-refractivity contribution in [2.45, 2.75) is 82.8 Å². The number of rotatable bonds is 10. The summed E-state index contributed by atoms with van der Waals surface area (Å²) in [7, 11) is 1.47. The van der Waals surface area contributed by atoms with Gasteiger partial charge in [-0.2, -0.15) is 13.2 Å². The van der Waals surface area contributed by atoms with Crippen molar-refractivity contribution in [3.63, 3.8) is 0 Å². The van der Waals surface area contributed by atoms with Gasteiger partial charge in [0.25, 0.3) is 0 Å². The summed E-state index contributed by atoms with van der Waals surface area (Å²) in [6.45, 7) is 9.00. The first-order chi connectivity index (χ1) is 21.5.